The minimum absolute atomic E-state index is 0.0368. The minimum atomic E-state index is -0.501. The largest absolute Gasteiger partial charge is 0.457 e. The Bertz CT molecular complexity index is 1320. The summed E-state index contributed by atoms with van der Waals surface area (Å²) >= 11 is 5.36. The third kappa shape index (κ3) is 5.00. The molecule has 5 rings (SSSR count). The van der Waals surface area contributed by atoms with E-state index in [1.807, 2.05) is 54.6 Å². The van der Waals surface area contributed by atoms with Crippen molar-refractivity contribution in [2.24, 2.45) is 0 Å². The van der Waals surface area contributed by atoms with Gasteiger partial charge in [0.05, 0.1) is 5.69 Å². The molecule has 0 atom stereocenters. The van der Waals surface area contributed by atoms with Crippen molar-refractivity contribution in [1.82, 2.24) is 10.2 Å². The molecule has 182 valence electrons. The number of hydrogen-bond acceptors (Lipinski definition) is 6. The third-order valence-corrected chi connectivity index (χ3v) is 6.54. The molecule has 0 unspecified atom stereocenters. The molecule has 3 aromatic carbocycles. The predicted molar refractivity (Wildman–Crippen MR) is 145 cm³/mol. The van der Waals surface area contributed by atoms with Gasteiger partial charge in [-0.05, 0) is 73.4 Å². The van der Waals surface area contributed by atoms with E-state index in [1.165, 1.54) is 4.90 Å². The molecule has 0 aromatic heterocycles. The molecule has 0 aliphatic carbocycles. The molecular weight excluding hydrogens is 472 g/mol. The third-order valence-electron chi connectivity index (χ3n) is 6.26. The second-order valence-corrected chi connectivity index (χ2v) is 9.10. The zero-order chi connectivity index (χ0) is 25.1. The van der Waals surface area contributed by atoms with Gasteiger partial charge in [-0.1, -0.05) is 36.4 Å². The predicted octanol–water partition coefficient (Wildman–Crippen LogP) is 4.06. The number of benzene rings is 3. The molecule has 7 nitrogen and oxygen atoms in total. The molecule has 3 aromatic rings. The topological polar surface area (TPSA) is 65.1 Å². The number of nitrogens with zero attached hydrogens (tertiary/aromatic N) is 3. The van der Waals surface area contributed by atoms with E-state index in [9.17, 15) is 9.59 Å². The Balaban J connectivity index is 1.41. The second kappa shape index (κ2) is 10.3. The van der Waals surface area contributed by atoms with Crippen molar-refractivity contribution in [3.63, 3.8) is 0 Å². The Kier molecular flexibility index (Phi) is 6.79. The number of anilines is 2. The molecule has 0 saturated carbocycles. The van der Waals surface area contributed by atoms with Crippen molar-refractivity contribution < 1.29 is 14.3 Å². The van der Waals surface area contributed by atoms with Crippen molar-refractivity contribution in [1.29, 1.82) is 0 Å². The highest BCUT2D eigenvalue weighted by Crippen LogP contribution is 2.29. The first-order chi connectivity index (χ1) is 17.5. The number of carbonyl (C=O) groups is 2. The lowest BCUT2D eigenvalue weighted by atomic mass is 10.0. The molecule has 2 aliphatic heterocycles. The number of nitrogens with one attached hydrogen (secondary N) is 1. The normalized spacial score (nSPS) is 17.9. The molecule has 0 radical (unpaired) electrons. The van der Waals surface area contributed by atoms with E-state index in [0.29, 0.717) is 17.2 Å². The first-order valence-corrected chi connectivity index (χ1v) is 12.2. The van der Waals surface area contributed by atoms with Crippen molar-refractivity contribution in [2.45, 2.75) is 0 Å². The smallest absolute Gasteiger partial charge is 0.270 e. The maximum Gasteiger partial charge on any atom is 0.270 e. The SMILES string of the molecule is CN1CCN(c2ccccc2C=C2C(=O)NC(=S)N(c3ccc(Oc4ccccc4)cc3)C2=O)CC1. The van der Waals surface area contributed by atoms with Gasteiger partial charge in [-0.15, -0.1) is 0 Å². The highest BCUT2D eigenvalue weighted by atomic mass is 32.1. The number of thiocarbonyl (C=S) groups is 1. The van der Waals surface area contributed by atoms with Gasteiger partial charge in [0.25, 0.3) is 11.8 Å². The number of ether oxygens (including phenoxy) is 1. The van der Waals surface area contributed by atoms with Gasteiger partial charge in [-0.3, -0.25) is 19.8 Å². The molecular formula is C28H26N4O3S. The molecule has 0 bridgehead atoms. The Hall–Kier alpha value is -4.01. The summed E-state index contributed by atoms with van der Waals surface area (Å²) in [7, 11) is 2.11. The zero-order valence-corrected chi connectivity index (χ0v) is 20.7. The number of amides is 2. The average molecular weight is 499 g/mol. The van der Waals surface area contributed by atoms with Crippen LogP contribution < -0.4 is 19.9 Å². The summed E-state index contributed by atoms with van der Waals surface area (Å²) in [6.07, 6.45) is 1.66. The van der Waals surface area contributed by atoms with E-state index in [1.54, 1.807) is 30.3 Å². The monoisotopic (exact) mass is 498 g/mol. The summed E-state index contributed by atoms with van der Waals surface area (Å²) in [4.78, 5) is 32.3. The maximum atomic E-state index is 13.5. The molecule has 2 saturated heterocycles. The van der Waals surface area contributed by atoms with Gasteiger partial charge in [0.1, 0.15) is 17.1 Å². The number of para-hydroxylation sites is 2. The Labute approximate surface area is 215 Å². The number of piperazine rings is 1. The van der Waals surface area contributed by atoms with Gasteiger partial charge in [0, 0.05) is 31.9 Å². The van der Waals surface area contributed by atoms with Crippen molar-refractivity contribution >= 4 is 46.6 Å². The van der Waals surface area contributed by atoms with Crippen LogP contribution in [-0.2, 0) is 9.59 Å². The molecule has 2 amide bonds. The van der Waals surface area contributed by atoms with Crippen molar-refractivity contribution in [3.8, 4) is 11.5 Å². The quantitative estimate of drug-likeness (QED) is 0.325. The number of hydrogen-bond donors (Lipinski definition) is 1. The van der Waals surface area contributed by atoms with Gasteiger partial charge in [0.2, 0.25) is 0 Å². The highest BCUT2D eigenvalue weighted by Gasteiger charge is 2.34. The molecule has 1 N–H and O–H groups in total. The van der Waals surface area contributed by atoms with E-state index in [-0.39, 0.29) is 10.7 Å². The van der Waals surface area contributed by atoms with Crippen LogP contribution in [0.5, 0.6) is 11.5 Å². The molecule has 8 heteroatoms. The lowest BCUT2D eigenvalue weighted by molar-refractivity contribution is -0.122. The molecule has 36 heavy (non-hydrogen) atoms. The van der Waals surface area contributed by atoms with E-state index >= 15 is 0 Å². The average Bonchev–Trinajstić information content (AvgIpc) is 2.89. The van der Waals surface area contributed by atoms with Gasteiger partial charge in [0.15, 0.2) is 5.11 Å². The standard InChI is InChI=1S/C28H26N4O3S/c1-30-15-17-31(18-16-30)25-10-6-5-7-20(25)19-24-26(33)29-28(36)32(27(24)34)21-11-13-23(14-12-21)35-22-8-3-2-4-9-22/h2-14,19H,15-18H2,1H3,(H,29,33,36). The first-order valence-electron chi connectivity index (χ1n) is 11.8. The second-order valence-electron chi connectivity index (χ2n) is 8.72. The Morgan fingerprint density at radius 2 is 1.47 bits per heavy atom. The lowest BCUT2D eigenvalue weighted by Crippen LogP contribution is -2.54. The van der Waals surface area contributed by atoms with Crippen LogP contribution in [0.15, 0.2) is 84.4 Å². The van der Waals surface area contributed by atoms with Gasteiger partial charge in [-0.25, -0.2) is 0 Å². The summed E-state index contributed by atoms with van der Waals surface area (Å²) in [5.41, 5.74) is 2.40. The summed E-state index contributed by atoms with van der Waals surface area (Å²) in [6, 6.07) is 24.3. The maximum absolute atomic E-state index is 13.5. The number of likely N-dealkylation sites (N-methyl/N-ethyl adjacent to an activating group) is 1. The van der Waals surface area contributed by atoms with E-state index in [0.717, 1.165) is 37.4 Å². The van der Waals surface area contributed by atoms with Crippen LogP contribution in [0.4, 0.5) is 11.4 Å². The molecule has 2 fully saturated rings. The fourth-order valence-corrected chi connectivity index (χ4v) is 4.56. The van der Waals surface area contributed by atoms with Crippen molar-refractivity contribution in [2.75, 3.05) is 43.0 Å². The summed E-state index contributed by atoms with van der Waals surface area (Å²) in [5, 5.41) is 2.71. The molecule has 2 heterocycles. The van der Waals surface area contributed by atoms with Crippen molar-refractivity contribution in [3.05, 3.63) is 90.0 Å². The summed E-state index contributed by atoms with van der Waals surface area (Å²) < 4.78 is 5.84. The molecule has 2 aliphatic rings. The van der Waals surface area contributed by atoms with E-state index in [4.69, 9.17) is 17.0 Å². The minimum Gasteiger partial charge on any atom is -0.457 e. The Morgan fingerprint density at radius 3 is 2.19 bits per heavy atom. The number of carbonyl (C=O) groups excluding carboxylic acids is 2. The summed E-state index contributed by atoms with van der Waals surface area (Å²) in [6.45, 7) is 3.67. The number of rotatable bonds is 5. The highest BCUT2D eigenvalue weighted by molar-refractivity contribution is 7.80. The van der Waals surface area contributed by atoms with Gasteiger partial charge >= 0.3 is 0 Å². The first kappa shape index (κ1) is 23.7. The van der Waals surface area contributed by atoms with Crippen LogP contribution in [0.3, 0.4) is 0 Å². The van der Waals surface area contributed by atoms with Gasteiger partial charge < -0.3 is 14.5 Å². The van der Waals surface area contributed by atoms with Crippen LogP contribution >= 0.6 is 12.2 Å². The lowest BCUT2D eigenvalue weighted by Gasteiger charge is -2.35. The summed E-state index contributed by atoms with van der Waals surface area (Å²) in [5.74, 6) is 0.375. The van der Waals surface area contributed by atoms with E-state index in [2.05, 4.69) is 22.2 Å². The van der Waals surface area contributed by atoms with Gasteiger partial charge in [-0.2, -0.15) is 0 Å². The van der Waals surface area contributed by atoms with E-state index < -0.39 is 11.8 Å². The van der Waals surface area contributed by atoms with Crippen LogP contribution in [-0.4, -0.2) is 55.1 Å². The van der Waals surface area contributed by atoms with Crippen LogP contribution in [0.25, 0.3) is 6.08 Å². The zero-order valence-electron chi connectivity index (χ0n) is 19.9. The van der Waals surface area contributed by atoms with Crippen LogP contribution in [0, 0.1) is 0 Å². The molecule has 0 spiro atoms. The van der Waals surface area contributed by atoms with Crippen LogP contribution in [0.2, 0.25) is 0 Å². The van der Waals surface area contributed by atoms with Crippen LogP contribution in [0.1, 0.15) is 5.56 Å². The fraction of sp³-hybridized carbons (Fsp3) is 0.179. The fourth-order valence-electron chi connectivity index (χ4n) is 4.28. The Morgan fingerprint density at radius 1 is 0.833 bits per heavy atom.